The van der Waals surface area contributed by atoms with Crippen LogP contribution in [0.1, 0.15) is 85.0 Å². The molecule has 33 heavy (non-hydrogen) atoms. The number of methoxy groups -OCH3 is 1. The number of hydrogen-bond donors (Lipinski definition) is 2. The molecular formula is C24H37F5N2O2. The molecular weight excluding hydrogens is 443 g/mol. The molecule has 0 spiro atoms. The highest BCUT2D eigenvalue weighted by Crippen LogP contribution is 2.31. The van der Waals surface area contributed by atoms with E-state index in [1.807, 2.05) is 0 Å². The molecule has 0 aliphatic rings. The summed E-state index contributed by atoms with van der Waals surface area (Å²) in [4.78, 5) is 11.9. The van der Waals surface area contributed by atoms with Crippen molar-refractivity contribution in [3.8, 4) is 0 Å². The summed E-state index contributed by atoms with van der Waals surface area (Å²) in [6.45, 7) is 6.50. The number of nitrogens with one attached hydrogen (secondary N) is 2. The topological polar surface area (TPSA) is 50.4 Å². The minimum absolute atomic E-state index is 0.193. The van der Waals surface area contributed by atoms with Gasteiger partial charge in [0.2, 0.25) is 5.82 Å². The summed E-state index contributed by atoms with van der Waals surface area (Å²) in [6.07, 6.45) is 10.6. The first-order chi connectivity index (χ1) is 15.6. The second kappa shape index (κ2) is 14.4. The Morgan fingerprint density at radius 3 is 1.85 bits per heavy atom. The SMILES string of the molecule is CCCCCCCCC(CCCCNC(=O)Nc1c(F)c(F)c(F)c(F)c1F)C(C)(C)OC. The van der Waals surface area contributed by atoms with Crippen LogP contribution >= 0.6 is 0 Å². The number of benzene rings is 1. The molecule has 0 heterocycles. The van der Waals surface area contributed by atoms with Gasteiger partial charge in [-0.3, -0.25) is 0 Å². The first kappa shape index (κ1) is 29.1. The van der Waals surface area contributed by atoms with Gasteiger partial charge in [-0.2, -0.15) is 0 Å². The monoisotopic (exact) mass is 480 g/mol. The Morgan fingerprint density at radius 2 is 1.30 bits per heavy atom. The quantitative estimate of drug-likeness (QED) is 0.118. The standard InChI is InChI=1S/C24H37F5N2O2/c1-5-6-7-8-9-10-13-16(24(2,3)33-4)14-11-12-15-30-23(32)31-22-20(28)18(26)17(25)19(27)21(22)29/h16H,5-15H2,1-4H3,(H2,30,31,32). The molecule has 0 aliphatic carbocycles. The van der Waals surface area contributed by atoms with E-state index < -0.39 is 40.8 Å². The zero-order valence-electron chi connectivity index (χ0n) is 20.1. The fourth-order valence-electron chi connectivity index (χ4n) is 3.77. The van der Waals surface area contributed by atoms with Crippen LogP contribution < -0.4 is 10.6 Å². The lowest BCUT2D eigenvalue weighted by atomic mass is 9.82. The fraction of sp³-hybridized carbons (Fsp3) is 0.708. The van der Waals surface area contributed by atoms with Crippen LogP contribution in [0.5, 0.6) is 0 Å². The van der Waals surface area contributed by atoms with E-state index in [1.54, 1.807) is 12.4 Å². The molecule has 0 fully saturated rings. The van der Waals surface area contributed by atoms with Gasteiger partial charge in [0.05, 0.1) is 5.60 Å². The molecule has 1 unspecified atom stereocenters. The summed E-state index contributed by atoms with van der Waals surface area (Å²) in [6, 6.07) is -1.04. The van der Waals surface area contributed by atoms with E-state index in [0.29, 0.717) is 12.3 Å². The molecule has 2 amide bonds. The number of carbonyl (C=O) groups is 1. The lowest BCUT2D eigenvalue weighted by Crippen LogP contribution is -2.34. The molecule has 0 aromatic heterocycles. The van der Waals surface area contributed by atoms with Crippen LogP contribution in [0, 0.1) is 35.0 Å². The highest BCUT2D eigenvalue weighted by Gasteiger charge is 2.29. The van der Waals surface area contributed by atoms with E-state index in [-0.39, 0.29) is 12.1 Å². The molecule has 0 aliphatic heterocycles. The molecule has 0 radical (unpaired) electrons. The lowest BCUT2D eigenvalue weighted by Gasteiger charge is -2.33. The maximum atomic E-state index is 13.7. The zero-order valence-corrected chi connectivity index (χ0v) is 20.1. The molecule has 2 N–H and O–H groups in total. The van der Waals surface area contributed by atoms with E-state index in [1.165, 1.54) is 32.1 Å². The van der Waals surface area contributed by atoms with Crippen molar-refractivity contribution in [2.24, 2.45) is 5.92 Å². The number of halogens is 5. The summed E-state index contributed by atoms with van der Waals surface area (Å²) in [5.74, 6) is -10.3. The average molecular weight is 481 g/mol. The molecule has 0 bridgehead atoms. The number of anilines is 1. The maximum absolute atomic E-state index is 13.7. The van der Waals surface area contributed by atoms with Crippen molar-refractivity contribution in [3.63, 3.8) is 0 Å². The van der Waals surface area contributed by atoms with Crippen molar-refractivity contribution in [3.05, 3.63) is 29.1 Å². The summed E-state index contributed by atoms with van der Waals surface area (Å²) in [7, 11) is 1.69. The van der Waals surface area contributed by atoms with Gasteiger partial charge in [0.25, 0.3) is 0 Å². The number of amides is 2. The zero-order chi connectivity index (χ0) is 25.0. The Kier molecular flexibility index (Phi) is 12.7. The molecule has 1 aromatic rings. The van der Waals surface area contributed by atoms with Gasteiger partial charge < -0.3 is 15.4 Å². The second-order valence-corrected chi connectivity index (χ2v) is 8.88. The van der Waals surface area contributed by atoms with Crippen molar-refractivity contribution in [1.82, 2.24) is 5.32 Å². The first-order valence-electron chi connectivity index (χ1n) is 11.7. The van der Waals surface area contributed by atoms with E-state index in [2.05, 4.69) is 26.1 Å². The highest BCUT2D eigenvalue weighted by atomic mass is 19.2. The first-order valence-corrected chi connectivity index (χ1v) is 11.7. The third kappa shape index (κ3) is 9.10. The fourth-order valence-corrected chi connectivity index (χ4v) is 3.77. The summed E-state index contributed by atoms with van der Waals surface area (Å²) in [5.41, 5.74) is -1.65. The number of carbonyl (C=O) groups excluding carboxylic acids is 1. The molecule has 1 aromatic carbocycles. The van der Waals surface area contributed by atoms with Crippen molar-refractivity contribution >= 4 is 11.7 Å². The molecule has 4 nitrogen and oxygen atoms in total. The van der Waals surface area contributed by atoms with Crippen molar-refractivity contribution in [2.45, 2.75) is 90.6 Å². The van der Waals surface area contributed by atoms with Gasteiger partial charge in [-0.1, -0.05) is 51.9 Å². The lowest BCUT2D eigenvalue weighted by molar-refractivity contribution is -0.0352. The predicted molar refractivity (Wildman–Crippen MR) is 120 cm³/mol. The van der Waals surface area contributed by atoms with Gasteiger partial charge in [-0.15, -0.1) is 0 Å². The third-order valence-corrected chi connectivity index (χ3v) is 6.13. The van der Waals surface area contributed by atoms with Gasteiger partial charge in [-0.25, -0.2) is 26.7 Å². The predicted octanol–water partition coefficient (Wildman–Crippen LogP) is 7.47. The van der Waals surface area contributed by atoms with E-state index in [0.717, 1.165) is 25.7 Å². The Morgan fingerprint density at radius 1 is 0.818 bits per heavy atom. The van der Waals surface area contributed by atoms with Crippen LogP contribution in [-0.2, 0) is 4.74 Å². The smallest absolute Gasteiger partial charge is 0.319 e. The Hall–Kier alpha value is -1.90. The molecule has 1 rings (SSSR count). The average Bonchev–Trinajstić information content (AvgIpc) is 2.79. The Labute approximate surface area is 193 Å². The van der Waals surface area contributed by atoms with Gasteiger partial charge in [0.1, 0.15) is 5.69 Å². The van der Waals surface area contributed by atoms with E-state index >= 15 is 0 Å². The number of rotatable bonds is 15. The number of urea groups is 1. The Bertz CT molecular complexity index is 730. The third-order valence-electron chi connectivity index (χ3n) is 6.13. The van der Waals surface area contributed by atoms with Crippen molar-refractivity contribution in [1.29, 1.82) is 0 Å². The number of unbranched alkanes of at least 4 members (excludes halogenated alkanes) is 6. The van der Waals surface area contributed by atoms with Crippen LogP contribution in [-0.4, -0.2) is 25.3 Å². The van der Waals surface area contributed by atoms with E-state index in [9.17, 15) is 26.7 Å². The molecule has 0 saturated carbocycles. The molecule has 9 heteroatoms. The second-order valence-electron chi connectivity index (χ2n) is 8.88. The molecule has 190 valence electrons. The largest absolute Gasteiger partial charge is 0.379 e. The minimum Gasteiger partial charge on any atom is -0.379 e. The minimum atomic E-state index is -2.27. The van der Waals surface area contributed by atoms with Crippen molar-refractivity contribution < 1.29 is 31.5 Å². The normalized spacial score (nSPS) is 12.6. The van der Waals surface area contributed by atoms with E-state index in [4.69, 9.17) is 4.74 Å². The highest BCUT2D eigenvalue weighted by molar-refractivity contribution is 5.89. The van der Waals surface area contributed by atoms with Gasteiger partial charge in [0, 0.05) is 13.7 Å². The summed E-state index contributed by atoms with van der Waals surface area (Å²) in [5, 5.41) is 4.09. The number of hydrogen-bond acceptors (Lipinski definition) is 2. The van der Waals surface area contributed by atoms with Crippen LogP contribution in [0.25, 0.3) is 0 Å². The maximum Gasteiger partial charge on any atom is 0.319 e. The van der Waals surface area contributed by atoms with Crippen LogP contribution in [0.2, 0.25) is 0 Å². The molecule has 0 saturated heterocycles. The van der Waals surface area contributed by atoms with Crippen LogP contribution in [0.4, 0.5) is 32.4 Å². The Balaban J connectivity index is 2.46. The van der Waals surface area contributed by atoms with Crippen LogP contribution in [0.15, 0.2) is 0 Å². The van der Waals surface area contributed by atoms with Gasteiger partial charge in [0.15, 0.2) is 23.3 Å². The summed E-state index contributed by atoms with van der Waals surface area (Å²) < 4.78 is 72.5. The number of ether oxygens (including phenoxy) is 1. The van der Waals surface area contributed by atoms with Crippen LogP contribution in [0.3, 0.4) is 0 Å². The van der Waals surface area contributed by atoms with Crippen molar-refractivity contribution in [2.75, 3.05) is 19.0 Å². The summed E-state index contributed by atoms with van der Waals surface area (Å²) >= 11 is 0. The van der Waals surface area contributed by atoms with Gasteiger partial charge in [-0.05, 0) is 39.0 Å². The molecule has 1 atom stereocenters. The van der Waals surface area contributed by atoms with Gasteiger partial charge >= 0.3 is 6.03 Å².